The van der Waals surface area contributed by atoms with Crippen molar-refractivity contribution in [3.05, 3.63) is 65.9 Å². The van der Waals surface area contributed by atoms with Crippen molar-refractivity contribution >= 4 is 38.5 Å². The smallest absolute Gasteiger partial charge is 0.121 e. The molecule has 4 aromatic rings. The van der Waals surface area contributed by atoms with Crippen molar-refractivity contribution in [2.45, 2.75) is 6.92 Å². The van der Waals surface area contributed by atoms with Crippen LogP contribution < -0.4 is 0 Å². The number of nitriles is 1. The maximum atomic E-state index is 9.28. The van der Waals surface area contributed by atoms with Crippen LogP contribution in [0, 0.1) is 18.3 Å². The number of nitrogens with zero attached hydrogens (tertiary/aromatic N) is 2. The molecule has 2 nitrogen and oxygen atoms in total. The first-order chi connectivity index (χ1) is 11.2. The normalized spacial score (nSPS) is 11.2. The summed E-state index contributed by atoms with van der Waals surface area (Å²) in [6.45, 7) is 6.07. The zero-order valence-corrected chi connectivity index (χ0v) is 13.2. The van der Waals surface area contributed by atoms with Crippen molar-refractivity contribution in [1.82, 2.24) is 4.57 Å². The van der Waals surface area contributed by atoms with Gasteiger partial charge in [-0.15, -0.1) is 0 Å². The van der Waals surface area contributed by atoms with E-state index >= 15 is 0 Å². The summed E-state index contributed by atoms with van der Waals surface area (Å²) < 4.78 is 1.98. The highest BCUT2D eigenvalue weighted by Crippen LogP contribution is 2.34. The van der Waals surface area contributed by atoms with Gasteiger partial charge in [0.1, 0.15) is 11.8 Å². The highest BCUT2D eigenvalue weighted by Gasteiger charge is 2.12. The van der Waals surface area contributed by atoms with Crippen LogP contribution in [0.2, 0.25) is 0 Å². The van der Waals surface area contributed by atoms with Crippen LogP contribution in [0.5, 0.6) is 0 Å². The van der Waals surface area contributed by atoms with E-state index in [1.807, 2.05) is 23.8 Å². The van der Waals surface area contributed by atoms with Gasteiger partial charge in [0.05, 0.1) is 5.52 Å². The first-order valence-electron chi connectivity index (χ1n) is 7.62. The predicted octanol–water partition coefficient (Wildman–Crippen LogP) is 5.31. The number of hydrogen-bond donors (Lipinski definition) is 0. The second kappa shape index (κ2) is 4.72. The first kappa shape index (κ1) is 13.6. The van der Waals surface area contributed by atoms with E-state index in [0.717, 1.165) is 10.9 Å². The predicted molar refractivity (Wildman–Crippen MR) is 97.5 cm³/mol. The highest BCUT2D eigenvalue weighted by atomic mass is 14.9. The Morgan fingerprint density at radius 2 is 1.65 bits per heavy atom. The lowest BCUT2D eigenvalue weighted by Crippen LogP contribution is -1.92. The molecule has 0 N–H and O–H groups in total. The average Bonchev–Trinajstić information content (AvgIpc) is 2.90. The standard InChI is InChI=1S/C21H16N2/c1-4-16-13(2)5-7-18-17(16)9-10-20-19(18)8-6-14-11-15(12-22)23(3)21(14)20/h4-11H,1H2,2-3H3. The zero-order chi connectivity index (χ0) is 16.1. The quantitative estimate of drug-likeness (QED) is 0.438. The lowest BCUT2D eigenvalue weighted by Gasteiger charge is -2.11. The number of hydrogen-bond acceptors (Lipinski definition) is 1. The molecule has 0 fully saturated rings. The van der Waals surface area contributed by atoms with Gasteiger partial charge >= 0.3 is 0 Å². The molecule has 0 unspecified atom stereocenters. The Balaban J connectivity index is 2.25. The summed E-state index contributed by atoms with van der Waals surface area (Å²) in [5, 5.41) is 15.2. The molecule has 0 saturated carbocycles. The molecule has 1 aromatic heterocycles. The van der Waals surface area contributed by atoms with Crippen molar-refractivity contribution in [1.29, 1.82) is 5.26 Å². The fraction of sp³-hybridized carbons (Fsp3) is 0.0952. The van der Waals surface area contributed by atoms with Crippen LogP contribution >= 0.6 is 0 Å². The molecular formula is C21H16N2. The average molecular weight is 296 g/mol. The van der Waals surface area contributed by atoms with Gasteiger partial charge in [0, 0.05) is 17.8 Å². The van der Waals surface area contributed by atoms with Gasteiger partial charge in [0.15, 0.2) is 0 Å². The molecule has 110 valence electrons. The molecule has 0 aliphatic rings. The molecule has 3 aromatic carbocycles. The van der Waals surface area contributed by atoms with Crippen LogP contribution in [0.4, 0.5) is 0 Å². The summed E-state index contributed by atoms with van der Waals surface area (Å²) in [5.41, 5.74) is 4.22. The number of rotatable bonds is 1. The molecule has 0 spiro atoms. The largest absolute Gasteiger partial charge is 0.335 e. The Kier molecular flexibility index (Phi) is 2.79. The fourth-order valence-electron chi connectivity index (χ4n) is 3.59. The molecule has 0 atom stereocenters. The molecule has 1 heterocycles. The van der Waals surface area contributed by atoms with Crippen molar-refractivity contribution in [2.24, 2.45) is 7.05 Å². The van der Waals surface area contributed by atoms with E-state index in [1.165, 1.54) is 32.7 Å². The van der Waals surface area contributed by atoms with E-state index in [4.69, 9.17) is 0 Å². The summed E-state index contributed by atoms with van der Waals surface area (Å²) in [5.74, 6) is 0. The maximum absolute atomic E-state index is 9.28. The minimum atomic E-state index is 0.684. The molecule has 23 heavy (non-hydrogen) atoms. The second-order valence-electron chi connectivity index (χ2n) is 5.96. The highest BCUT2D eigenvalue weighted by molar-refractivity contribution is 6.17. The third-order valence-electron chi connectivity index (χ3n) is 4.77. The van der Waals surface area contributed by atoms with Crippen LogP contribution in [-0.4, -0.2) is 4.57 Å². The molecule has 2 heteroatoms. The SMILES string of the molecule is C=Cc1c(C)ccc2c1ccc1c2ccc2cc(C#N)n(C)c21. The summed E-state index contributed by atoms with van der Waals surface area (Å²) in [4.78, 5) is 0. The Hall–Kier alpha value is -3.05. The van der Waals surface area contributed by atoms with Crippen LogP contribution in [0.1, 0.15) is 16.8 Å². The van der Waals surface area contributed by atoms with Gasteiger partial charge in [-0.05, 0) is 40.3 Å². The number of aryl methyl sites for hydroxylation is 2. The first-order valence-corrected chi connectivity index (χ1v) is 7.62. The van der Waals surface area contributed by atoms with Gasteiger partial charge in [-0.3, -0.25) is 0 Å². The Labute approximate surface area is 134 Å². The van der Waals surface area contributed by atoms with Crippen LogP contribution in [0.25, 0.3) is 38.5 Å². The molecule has 4 rings (SSSR count). The van der Waals surface area contributed by atoms with Crippen molar-refractivity contribution < 1.29 is 0 Å². The molecule has 0 saturated heterocycles. The zero-order valence-electron chi connectivity index (χ0n) is 13.2. The van der Waals surface area contributed by atoms with Gasteiger partial charge < -0.3 is 4.57 Å². The van der Waals surface area contributed by atoms with Gasteiger partial charge in [0.25, 0.3) is 0 Å². The number of aromatic nitrogens is 1. The number of benzene rings is 3. The Morgan fingerprint density at radius 3 is 2.39 bits per heavy atom. The minimum absolute atomic E-state index is 0.684. The fourth-order valence-corrected chi connectivity index (χ4v) is 3.59. The summed E-state index contributed by atoms with van der Waals surface area (Å²) in [6, 6.07) is 17.1. The van der Waals surface area contributed by atoms with Crippen LogP contribution in [0.3, 0.4) is 0 Å². The van der Waals surface area contributed by atoms with Gasteiger partial charge in [-0.25, -0.2) is 0 Å². The third kappa shape index (κ3) is 1.74. The Morgan fingerprint density at radius 1 is 1.00 bits per heavy atom. The van der Waals surface area contributed by atoms with Gasteiger partial charge in [-0.1, -0.05) is 49.1 Å². The van der Waals surface area contributed by atoms with E-state index < -0.39 is 0 Å². The second-order valence-corrected chi connectivity index (χ2v) is 5.96. The molecule has 0 bridgehead atoms. The molecule has 0 aliphatic carbocycles. The van der Waals surface area contributed by atoms with Crippen LogP contribution in [0.15, 0.2) is 49.0 Å². The topological polar surface area (TPSA) is 28.7 Å². The van der Waals surface area contributed by atoms with E-state index in [1.54, 1.807) is 0 Å². The summed E-state index contributed by atoms with van der Waals surface area (Å²) in [7, 11) is 1.95. The Bertz CT molecular complexity index is 1150. The maximum Gasteiger partial charge on any atom is 0.121 e. The molecule has 0 radical (unpaired) electrons. The monoisotopic (exact) mass is 296 g/mol. The minimum Gasteiger partial charge on any atom is -0.335 e. The van der Waals surface area contributed by atoms with E-state index in [0.29, 0.717) is 5.69 Å². The lowest BCUT2D eigenvalue weighted by molar-refractivity contribution is 0.951. The molecule has 0 aliphatic heterocycles. The summed E-state index contributed by atoms with van der Waals surface area (Å²) >= 11 is 0. The van der Waals surface area contributed by atoms with Crippen molar-refractivity contribution in [3.8, 4) is 6.07 Å². The van der Waals surface area contributed by atoms with Gasteiger partial charge in [-0.2, -0.15) is 5.26 Å². The van der Waals surface area contributed by atoms with Crippen molar-refractivity contribution in [3.63, 3.8) is 0 Å². The summed E-state index contributed by atoms with van der Waals surface area (Å²) in [6.07, 6.45) is 1.93. The van der Waals surface area contributed by atoms with E-state index in [9.17, 15) is 5.26 Å². The van der Waals surface area contributed by atoms with E-state index in [2.05, 4.69) is 56.0 Å². The van der Waals surface area contributed by atoms with Crippen LogP contribution in [-0.2, 0) is 7.05 Å². The number of fused-ring (bicyclic) bond motifs is 5. The molecular weight excluding hydrogens is 280 g/mol. The van der Waals surface area contributed by atoms with Gasteiger partial charge in [0.2, 0.25) is 0 Å². The van der Waals surface area contributed by atoms with E-state index in [-0.39, 0.29) is 0 Å². The lowest BCUT2D eigenvalue weighted by atomic mass is 9.94. The third-order valence-corrected chi connectivity index (χ3v) is 4.77. The van der Waals surface area contributed by atoms with Crippen molar-refractivity contribution in [2.75, 3.05) is 0 Å². The molecule has 0 amide bonds.